The fourth-order valence-corrected chi connectivity index (χ4v) is 6.28. The van der Waals surface area contributed by atoms with Gasteiger partial charge < -0.3 is 24.8 Å². The molecule has 1 aliphatic heterocycles. The second-order valence-electron chi connectivity index (χ2n) is 12.6. The van der Waals surface area contributed by atoms with Gasteiger partial charge in [-0.3, -0.25) is 18.8 Å². The highest BCUT2D eigenvalue weighted by Gasteiger charge is 2.36. The number of alkyl halides is 6. The smallest absolute Gasteiger partial charge is 0.449 e. The molecule has 2 aromatic carbocycles. The first-order valence-corrected chi connectivity index (χ1v) is 16.5. The lowest BCUT2D eigenvalue weighted by atomic mass is 10.1. The van der Waals surface area contributed by atoms with Crippen LogP contribution >= 0.6 is 0 Å². The third kappa shape index (κ3) is 9.17. The van der Waals surface area contributed by atoms with E-state index in [-0.39, 0.29) is 69.4 Å². The predicted molar refractivity (Wildman–Crippen MR) is 177 cm³/mol. The van der Waals surface area contributed by atoms with E-state index >= 15 is 4.39 Å². The van der Waals surface area contributed by atoms with Gasteiger partial charge in [0.1, 0.15) is 17.3 Å². The number of nitrogens with zero attached hydrogens (tertiary/aromatic N) is 4. The molecule has 3 N–H and O–H groups in total. The Hall–Kier alpha value is -4.94. The molecule has 0 radical (unpaired) electrons. The molecule has 3 heterocycles. The lowest BCUT2D eigenvalue weighted by Crippen LogP contribution is -2.51. The molecule has 1 saturated heterocycles. The zero-order valence-corrected chi connectivity index (χ0v) is 28.3. The number of aromatic nitrogens is 2. The zero-order chi connectivity index (χ0) is 38.7. The molecule has 2 atom stereocenters. The van der Waals surface area contributed by atoms with Crippen LogP contribution < -0.4 is 21.5 Å². The molecule has 2 aromatic heterocycles. The molecule has 18 heteroatoms. The lowest BCUT2D eigenvalue weighted by molar-refractivity contribution is -0.153. The van der Waals surface area contributed by atoms with Crippen molar-refractivity contribution in [1.29, 1.82) is 0 Å². The first-order valence-electron chi connectivity index (χ1n) is 16.5. The van der Waals surface area contributed by atoms with Gasteiger partial charge in [0, 0.05) is 37.4 Å². The summed E-state index contributed by atoms with van der Waals surface area (Å²) in [4.78, 5) is 43.0. The average molecular weight is 756 g/mol. The van der Waals surface area contributed by atoms with Crippen LogP contribution in [-0.4, -0.2) is 69.0 Å². The van der Waals surface area contributed by atoms with E-state index in [1.165, 1.54) is 13.0 Å². The Labute approximate surface area is 297 Å². The number of hydrogen-bond acceptors (Lipinski definition) is 8. The number of benzene rings is 2. The number of carboxylic acids is 1. The summed E-state index contributed by atoms with van der Waals surface area (Å²) in [5, 5.41) is 21.9. The van der Waals surface area contributed by atoms with Crippen molar-refractivity contribution in [1.82, 2.24) is 19.4 Å². The number of anilines is 1. The van der Waals surface area contributed by atoms with Gasteiger partial charge in [-0.25, -0.2) is 14.0 Å². The van der Waals surface area contributed by atoms with Crippen LogP contribution in [0.1, 0.15) is 46.4 Å². The average Bonchev–Trinajstić information content (AvgIpc) is 3.58. The van der Waals surface area contributed by atoms with Gasteiger partial charge in [0.2, 0.25) is 5.76 Å². The van der Waals surface area contributed by atoms with Crippen LogP contribution in [0.4, 0.5) is 36.4 Å². The van der Waals surface area contributed by atoms with Crippen LogP contribution in [0.2, 0.25) is 0 Å². The van der Waals surface area contributed by atoms with Gasteiger partial charge in [-0.05, 0) is 49.7 Å². The Kier molecular flexibility index (Phi) is 11.8. The second kappa shape index (κ2) is 16.0. The summed E-state index contributed by atoms with van der Waals surface area (Å²) in [5.41, 5.74) is -3.46. The molecule has 286 valence electrons. The van der Waals surface area contributed by atoms with Crippen LogP contribution in [-0.2, 0) is 36.8 Å². The monoisotopic (exact) mass is 755 g/mol. The largest absolute Gasteiger partial charge is 0.479 e. The minimum atomic E-state index is -4.97. The maximum atomic E-state index is 15.1. The summed E-state index contributed by atoms with van der Waals surface area (Å²) in [6.07, 6.45) is -11.6. The summed E-state index contributed by atoms with van der Waals surface area (Å²) in [7, 11) is 0. The number of halogens is 7. The normalized spacial score (nSPS) is 15.5. The van der Waals surface area contributed by atoms with Crippen LogP contribution in [0.25, 0.3) is 0 Å². The van der Waals surface area contributed by atoms with Crippen molar-refractivity contribution in [2.45, 2.75) is 57.5 Å². The number of aliphatic hydroxyl groups is 1. The van der Waals surface area contributed by atoms with Crippen molar-refractivity contribution in [3.63, 3.8) is 0 Å². The minimum Gasteiger partial charge on any atom is -0.479 e. The molecule has 1 fully saturated rings. The predicted octanol–water partition coefficient (Wildman–Crippen LogP) is 4.63. The zero-order valence-electron chi connectivity index (χ0n) is 28.3. The maximum Gasteiger partial charge on any atom is 0.449 e. The minimum absolute atomic E-state index is 0.0289. The number of piperazine rings is 1. The molecule has 53 heavy (non-hydrogen) atoms. The van der Waals surface area contributed by atoms with Crippen LogP contribution in [0.5, 0.6) is 0 Å². The molecule has 5 rings (SSSR count). The highest BCUT2D eigenvalue weighted by atomic mass is 19.4. The van der Waals surface area contributed by atoms with Gasteiger partial charge in [0.05, 0.1) is 31.2 Å². The molecule has 11 nitrogen and oxygen atoms in total. The Bertz CT molecular complexity index is 2020. The molecule has 4 aromatic rings. The quantitative estimate of drug-likeness (QED) is 0.167. The van der Waals surface area contributed by atoms with E-state index < -0.39 is 71.0 Å². The molecular weight excluding hydrogens is 719 g/mol. The summed E-state index contributed by atoms with van der Waals surface area (Å²) in [6, 6.07) is 12.0. The molecular formula is C35H36F7N5O6. The summed E-state index contributed by atoms with van der Waals surface area (Å²) in [5.74, 6) is -3.74. The molecule has 0 saturated carbocycles. The maximum absolute atomic E-state index is 15.1. The van der Waals surface area contributed by atoms with E-state index in [1.54, 1.807) is 40.1 Å². The summed E-state index contributed by atoms with van der Waals surface area (Å²) < 4.78 is 103. The van der Waals surface area contributed by atoms with Gasteiger partial charge in [0.25, 0.3) is 5.56 Å². The first-order chi connectivity index (χ1) is 25.0. The van der Waals surface area contributed by atoms with Crippen LogP contribution in [0.15, 0.2) is 74.7 Å². The number of hydrogen-bond donors (Lipinski definition) is 3. The van der Waals surface area contributed by atoms with Crippen molar-refractivity contribution >= 4 is 11.7 Å². The topological polar surface area (TPSA) is 133 Å². The van der Waals surface area contributed by atoms with Crippen molar-refractivity contribution < 1.29 is 50.2 Å². The first kappa shape index (κ1) is 39.3. The third-order valence-electron chi connectivity index (χ3n) is 9.07. The SMILES string of the molecule is Cc1c(N2CCN(Cc3ccc(C(F)(F)F)o3)CC2)c(=O)n(C[C@H](NCCC(O)C(=O)O)c2ccccc2)c(=O)n1Cc1c(F)cccc1C(F)(F)F. The van der Waals surface area contributed by atoms with E-state index in [0.717, 1.165) is 27.3 Å². The van der Waals surface area contributed by atoms with Gasteiger partial charge >= 0.3 is 24.0 Å². The van der Waals surface area contributed by atoms with Crippen LogP contribution in [0, 0.1) is 12.7 Å². The van der Waals surface area contributed by atoms with Crippen molar-refractivity contribution in [2.75, 3.05) is 37.6 Å². The highest BCUT2D eigenvalue weighted by Crippen LogP contribution is 2.34. The van der Waals surface area contributed by atoms with Crippen molar-refractivity contribution in [3.8, 4) is 0 Å². The van der Waals surface area contributed by atoms with Gasteiger partial charge in [-0.1, -0.05) is 36.4 Å². The van der Waals surface area contributed by atoms with Crippen molar-refractivity contribution in [2.24, 2.45) is 0 Å². The van der Waals surface area contributed by atoms with Gasteiger partial charge in [-0.15, -0.1) is 0 Å². The molecule has 0 bridgehead atoms. The van der Waals surface area contributed by atoms with E-state index in [2.05, 4.69) is 5.32 Å². The number of rotatable bonds is 13. The van der Waals surface area contributed by atoms with Crippen molar-refractivity contribution in [3.05, 3.63) is 121 Å². The number of furan rings is 1. The molecule has 1 aliphatic rings. The molecule has 0 amide bonds. The number of nitrogens with one attached hydrogen (secondary N) is 1. The number of aliphatic carboxylic acids is 1. The second-order valence-corrected chi connectivity index (χ2v) is 12.6. The summed E-state index contributed by atoms with van der Waals surface area (Å²) in [6.45, 7) is 0.767. The van der Waals surface area contributed by atoms with E-state index in [0.29, 0.717) is 11.6 Å². The fraction of sp³-hybridized carbons (Fsp3) is 0.400. The Morgan fingerprint density at radius 2 is 1.57 bits per heavy atom. The number of carboxylic acid groups (broad SMARTS) is 1. The lowest BCUT2D eigenvalue weighted by Gasteiger charge is -2.36. The highest BCUT2D eigenvalue weighted by molar-refractivity contribution is 5.71. The summed E-state index contributed by atoms with van der Waals surface area (Å²) >= 11 is 0. The molecule has 1 unspecified atom stereocenters. The third-order valence-corrected chi connectivity index (χ3v) is 9.07. The number of aliphatic hydroxyl groups excluding tert-OH is 1. The van der Waals surface area contributed by atoms with Gasteiger partial charge in [0.15, 0.2) is 6.10 Å². The van der Waals surface area contributed by atoms with E-state index in [9.17, 15) is 45.8 Å². The standard InChI is InChI=1S/C35H36F7N5O6/c1-21-30(45-16-14-44(15-17-45)18-23-10-11-29(53-23)35(40,41)42)31(49)47(20-27(22-6-3-2-4-7-22)43-13-12-28(48)32(50)51)33(52)46(21)19-24-25(34(37,38)39)8-5-9-26(24)36/h2-11,27-28,43,48H,12-20H2,1H3,(H,50,51)/t27-,28?/m0/s1. The molecule has 0 aliphatic carbocycles. The fourth-order valence-electron chi connectivity index (χ4n) is 6.28. The van der Waals surface area contributed by atoms with E-state index in [4.69, 9.17) is 9.52 Å². The number of carbonyl (C=O) groups is 1. The van der Waals surface area contributed by atoms with Gasteiger partial charge in [-0.2, -0.15) is 26.3 Å². The Morgan fingerprint density at radius 3 is 2.17 bits per heavy atom. The Balaban J connectivity index is 1.53. The molecule has 0 spiro atoms. The van der Waals surface area contributed by atoms with E-state index in [1.807, 2.05) is 0 Å². The van der Waals surface area contributed by atoms with Crippen LogP contribution in [0.3, 0.4) is 0 Å². The Morgan fingerprint density at radius 1 is 0.887 bits per heavy atom.